The monoisotopic (exact) mass is 331 g/mol. The molecule has 0 fully saturated rings. The van der Waals surface area contributed by atoms with Crippen molar-refractivity contribution in [3.05, 3.63) is 46.5 Å². The Balaban J connectivity index is 1.56. The first-order valence-corrected chi connectivity index (χ1v) is 8.13. The number of ether oxygens (including phenoxy) is 1. The van der Waals surface area contributed by atoms with Gasteiger partial charge in [0.2, 0.25) is 5.91 Å². The van der Waals surface area contributed by atoms with E-state index in [4.69, 9.17) is 4.74 Å². The highest BCUT2D eigenvalue weighted by Gasteiger charge is 2.22. The number of carbonyl (C=O) groups excluding carboxylic acids is 1. The normalized spacial score (nSPS) is 16.4. The maximum Gasteiger partial charge on any atom is 0.220 e. The molecule has 0 aliphatic carbocycles. The third-order valence-corrected chi connectivity index (χ3v) is 4.55. The lowest BCUT2D eigenvalue weighted by molar-refractivity contribution is -0.122. The van der Waals surface area contributed by atoms with Crippen molar-refractivity contribution < 1.29 is 13.9 Å². The van der Waals surface area contributed by atoms with E-state index < -0.39 is 0 Å². The predicted molar refractivity (Wildman–Crippen MR) is 88.5 cm³/mol. The molecular formula is C18H22FN3O2. The summed E-state index contributed by atoms with van der Waals surface area (Å²) in [5.41, 5.74) is 3.98. The number of halogens is 1. The van der Waals surface area contributed by atoms with Crippen LogP contribution in [0.4, 0.5) is 4.39 Å². The minimum absolute atomic E-state index is 0.0221. The molecule has 0 spiro atoms. The lowest BCUT2D eigenvalue weighted by atomic mass is 10.0. The van der Waals surface area contributed by atoms with Gasteiger partial charge >= 0.3 is 0 Å². The first-order chi connectivity index (χ1) is 11.4. The lowest BCUT2D eigenvalue weighted by Crippen LogP contribution is -2.42. The minimum atomic E-state index is -0.285. The molecule has 0 saturated carbocycles. The summed E-state index contributed by atoms with van der Waals surface area (Å²) in [6.45, 7) is 4.38. The minimum Gasteiger partial charge on any atom is -0.491 e. The first kappa shape index (κ1) is 16.5. The van der Waals surface area contributed by atoms with E-state index in [2.05, 4.69) is 10.4 Å². The van der Waals surface area contributed by atoms with Crippen molar-refractivity contribution >= 4 is 5.91 Å². The number of benzene rings is 1. The van der Waals surface area contributed by atoms with E-state index in [1.165, 1.54) is 12.1 Å². The van der Waals surface area contributed by atoms with Crippen molar-refractivity contribution in [3.8, 4) is 5.75 Å². The first-order valence-electron chi connectivity index (χ1n) is 8.13. The van der Waals surface area contributed by atoms with Gasteiger partial charge < -0.3 is 10.1 Å². The molecule has 1 aromatic heterocycles. The van der Waals surface area contributed by atoms with Crippen LogP contribution in [0.1, 0.15) is 28.9 Å². The fourth-order valence-corrected chi connectivity index (χ4v) is 3.17. The van der Waals surface area contributed by atoms with Crippen molar-refractivity contribution in [3.63, 3.8) is 0 Å². The Bertz CT molecular complexity index is 770. The van der Waals surface area contributed by atoms with Gasteiger partial charge in [0.1, 0.15) is 18.2 Å². The van der Waals surface area contributed by atoms with Crippen LogP contribution in [0.25, 0.3) is 0 Å². The smallest absolute Gasteiger partial charge is 0.220 e. The molecule has 1 N–H and O–H groups in total. The number of carbonyl (C=O) groups is 1. The molecule has 1 amide bonds. The molecule has 1 unspecified atom stereocenters. The number of rotatable bonds is 4. The van der Waals surface area contributed by atoms with Gasteiger partial charge in [0, 0.05) is 19.2 Å². The molecule has 0 bridgehead atoms. The van der Waals surface area contributed by atoms with Crippen LogP contribution < -0.4 is 10.1 Å². The third kappa shape index (κ3) is 3.42. The number of hydrogen-bond donors (Lipinski definition) is 1. The Labute approximate surface area is 140 Å². The van der Waals surface area contributed by atoms with Crippen molar-refractivity contribution in [2.75, 3.05) is 6.61 Å². The Morgan fingerprint density at radius 3 is 2.96 bits per heavy atom. The van der Waals surface area contributed by atoms with Crippen molar-refractivity contribution in [2.24, 2.45) is 7.05 Å². The van der Waals surface area contributed by atoms with Gasteiger partial charge in [-0.2, -0.15) is 5.10 Å². The van der Waals surface area contributed by atoms with E-state index in [9.17, 15) is 9.18 Å². The zero-order chi connectivity index (χ0) is 17.3. The summed E-state index contributed by atoms with van der Waals surface area (Å²) >= 11 is 0. The molecule has 5 nitrogen and oxygen atoms in total. The highest BCUT2D eigenvalue weighted by molar-refractivity contribution is 5.76. The zero-order valence-corrected chi connectivity index (χ0v) is 14.2. The summed E-state index contributed by atoms with van der Waals surface area (Å²) in [5, 5.41) is 7.35. The molecular weight excluding hydrogens is 309 g/mol. The average Bonchev–Trinajstić information content (AvgIpc) is 2.77. The molecule has 2 aromatic rings. The van der Waals surface area contributed by atoms with E-state index in [1.54, 1.807) is 6.07 Å². The number of fused-ring (bicyclic) bond motifs is 1. The molecule has 0 radical (unpaired) electrons. The van der Waals surface area contributed by atoms with Crippen LogP contribution in [-0.4, -0.2) is 28.3 Å². The molecule has 0 saturated heterocycles. The number of hydrogen-bond acceptors (Lipinski definition) is 3. The highest BCUT2D eigenvalue weighted by Crippen LogP contribution is 2.25. The molecule has 128 valence electrons. The van der Waals surface area contributed by atoms with Crippen molar-refractivity contribution in [1.29, 1.82) is 0 Å². The van der Waals surface area contributed by atoms with Crippen molar-refractivity contribution in [1.82, 2.24) is 15.1 Å². The quantitative estimate of drug-likeness (QED) is 0.935. The van der Waals surface area contributed by atoms with Crippen LogP contribution in [0.5, 0.6) is 5.75 Å². The number of aromatic nitrogens is 2. The van der Waals surface area contributed by atoms with Gasteiger partial charge in [-0.25, -0.2) is 4.39 Å². The van der Waals surface area contributed by atoms with Gasteiger partial charge in [-0.05, 0) is 56.0 Å². The number of nitrogens with one attached hydrogen (secondary N) is 1. The summed E-state index contributed by atoms with van der Waals surface area (Å²) in [6.07, 6.45) is 1.65. The summed E-state index contributed by atoms with van der Waals surface area (Å²) in [4.78, 5) is 12.2. The Hall–Kier alpha value is -2.37. The molecule has 24 heavy (non-hydrogen) atoms. The third-order valence-electron chi connectivity index (χ3n) is 4.55. The van der Waals surface area contributed by atoms with E-state index in [0.717, 1.165) is 22.5 Å². The molecule has 1 aliphatic rings. The number of amides is 1. The van der Waals surface area contributed by atoms with Gasteiger partial charge in [0.25, 0.3) is 0 Å². The summed E-state index contributed by atoms with van der Waals surface area (Å²) < 4.78 is 20.8. The maximum atomic E-state index is 13.3. The van der Waals surface area contributed by atoms with E-state index in [1.807, 2.05) is 25.6 Å². The SMILES string of the molecule is Cc1nn(C)c(C)c1CCC(=O)NC1COc2ccc(F)cc2C1. The van der Waals surface area contributed by atoms with E-state index in [0.29, 0.717) is 31.6 Å². The summed E-state index contributed by atoms with van der Waals surface area (Å²) in [7, 11) is 1.90. The average molecular weight is 331 g/mol. The standard InChI is InChI=1S/C18H22FN3O2/c1-11-16(12(2)22(3)21-11)5-7-18(23)20-15-9-13-8-14(19)4-6-17(13)24-10-15/h4,6,8,15H,5,7,9-10H2,1-3H3,(H,20,23). The predicted octanol–water partition coefficient (Wildman–Crippen LogP) is 2.23. The Kier molecular flexibility index (Phi) is 4.55. The van der Waals surface area contributed by atoms with Crippen LogP contribution in [0.3, 0.4) is 0 Å². The van der Waals surface area contributed by atoms with Crippen LogP contribution in [0.2, 0.25) is 0 Å². The molecule has 2 heterocycles. The largest absolute Gasteiger partial charge is 0.491 e. The van der Waals surface area contributed by atoms with Gasteiger partial charge in [-0.1, -0.05) is 0 Å². The van der Waals surface area contributed by atoms with Gasteiger partial charge in [0.05, 0.1) is 11.7 Å². The van der Waals surface area contributed by atoms with Crippen LogP contribution in [0, 0.1) is 19.7 Å². The topological polar surface area (TPSA) is 56.2 Å². The van der Waals surface area contributed by atoms with Gasteiger partial charge in [-0.3, -0.25) is 9.48 Å². The number of aryl methyl sites for hydroxylation is 2. The van der Waals surface area contributed by atoms with Crippen LogP contribution in [-0.2, 0) is 24.7 Å². The summed E-state index contributed by atoms with van der Waals surface area (Å²) in [6, 6.07) is 4.37. The van der Waals surface area contributed by atoms with E-state index in [-0.39, 0.29) is 17.8 Å². The zero-order valence-electron chi connectivity index (χ0n) is 14.2. The van der Waals surface area contributed by atoms with Crippen LogP contribution >= 0.6 is 0 Å². The second-order valence-electron chi connectivity index (χ2n) is 6.30. The van der Waals surface area contributed by atoms with E-state index >= 15 is 0 Å². The highest BCUT2D eigenvalue weighted by atomic mass is 19.1. The van der Waals surface area contributed by atoms with Gasteiger partial charge in [-0.15, -0.1) is 0 Å². The maximum absolute atomic E-state index is 13.3. The molecule has 1 aromatic carbocycles. The molecule has 1 atom stereocenters. The van der Waals surface area contributed by atoms with Crippen LogP contribution in [0.15, 0.2) is 18.2 Å². The summed E-state index contributed by atoms with van der Waals surface area (Å²) in [5.74, 6) is 0.390. The van der Waals surface area contributed by atoms with Gasteiger partial charge in [0.15, 0.2) is 0 Å². The second-order valence-corrected chi connectivity index (χ2v) is 6.30. The second kappa shape index (κ2) is 6.63. The molecule has 1 aliphatic heterocycles. The lowest BCUT2D eigenvalue weighted by Gasteiger charge is -2.26. The fraction of sp³-hybridized carbons (Fsp3) is 0.444. The van der Waals surface area contributed by atoms with Crippen molar-refractivity contribution in [2.45, 2.75) is 39.2 Å². The number of nitrogens with zero attached hydrogens (tertiary/aromatic N) is 2. The molecule has 3 rings (SSSR count). The fourth-order valence-electron chi connectivity index (χ4n) is 3.17. The Morgan fingerprint density at radius 1 is 1.46 bits per heavy atom. The molecule has 6 heteroatoms. The Morgan fingerprint density at radius 2 is 2.25 bits per heavy atom.